The van der Waals surface area contributed by atoms with Crippen LogP contribution in [0, 0.1) is 5.92 Å². The molecule has 4 rings (SSSR count). The van der Waals surface area contributed by atoms with Crippen LogP contribution in [0.3, 0.4) is 0 Å². The summed E-state index contributed by atoms with van der Waals surface area (Å²) >= 11 is 0. The first-order valence-corrected chi connectivity index (χ1v) is 10.3. The SMILES string of the molecule is O=C(Nc1ccc2c(c1)OCO2)C1CCN(C(=O)/C=C/c2ccc(OC(F)(F)F)cc2)CC1. The second-order valence-corrected chi connectivity index (χ2v) is 7.61. The van der Waals surface area contributed by atoms with Gasteiger partial charge in [-0.3, -0.25) is 9.59 Å². The van der Waals surface area contributed by atoms with Crippen LogP contribution in [0.15, 0.2) is 48.5 Å². The molecule has 2 aliphatic heterocycles. The molecule has 0 bridgehead atoms. The van der Waals surface area contributed by atoms with Crippen LogP contribution in [0.25, 0.3) is 6.08 Å². The summed E-state index contributed by atoms with van der Waals surface area (Å²) < 4.78 is 51.0. The van der Waals surface area contributed by atoms with Gasteiger partial charge in [-0.1, -0.05) is 12.1 Å². The number of halogens is 3. The number of benzene rings is 2. The summed E-state index contributed by atoms with van der Waals surface area (Å²) in [5.41, 5.74) is 1.19. The Morgan fingerprint density at radius 2 is 1.73 bits per heavy atom. The Labute approximate surface area is 187 Å². The van der Waals surface area contributed by atoms with E-state index in [1.54, 1.807) is 23.1 Å². The van der Waals surface area contributed by atoms with Crippen LogP contribution in [-0.4, -0.2) is 43.0 Å². The quantitative estimate of drug-likeness (QED) is 0.674. The molecule has 1 fully saturated rings. The number of nitrogens with one attached hydrogen (secondary N) is 1. The molecule has 33 heavy (non-hydrogen) atoms. The van der Waals surface area contributed by atoms with Crippen molar-refractivity contribution in [3.63, 3.8) is 0 Å². The van der Waals surface area contributed by atoms with E-state index in [0.717, 1.165) is 0 Å². The van der Waals surface area contributed by atoms with Gasteiger partial charge in [0, 0.05) is 36.8 Å². The third-order valence-corrected chi connectivity index (χ3v) is 5.35. The molecular weight excluding hydrogens is 441 g/mol. The van der Waals surface area contributed by atoms with Gasteiger partial charge in [0.25, 0.3) is 0 Å². The number of carbonyl (C=O) groups excluding carboxylic acids is 2. The van der Waals surface area contributed by atoms with Crippen molar-refractivity contribution >= 4 is 23.6 Å². The average Bonchev–Trinajstić information content (AvgIpc) is 3.25. The van der Waals surface area contributed by atoms with Crippen molar-refractivity contribution < 1.29 is 37.0 Å². The van der Waals surface area contributed by atoms with Crippen molar-refractivity contribution in [1.29, 1.82) is 0 Å². The van der Waals surface area contributed by atoms with Crippen LogP contribution in [0.5, 0.6) is 17.2 Å². The lowest BCUT2D eigenvalue weighted by atomic mass is 9.95. The minimum absolute atomic E-state index is 0.113. The van der Waals surface area contributed by atoms with Gasteiger partial charge in [-0.15, -0.1) is 13.2 Å². The summed E-state index contributed by atoms with van der Waals surface area (Å²) in [4.78, 5) is 26.7. The summed E-state index contributed by atoms with van der Waals surface area (Å²) in [6, 6.07) is 10.4. The minimum atomic E-state index is -4.75. The van der Waals surface area contributed by atoms with Crippen molar-refractivity contribution in [2.45, 2.75) is 19.2 Å². The van der Waals surface area contributed by atoms with Gasteiger partial charge in [0.2, 0.25) is 18.6 Å². The normalized spacial score (nSPS) is 16.2. The molecule has 2 aromatic carbocycles. The highest BCUT2D eigenvalue weighted by Crippen LogP contribution is 2.34. The Morgan fingerprint density at radius 3 is 2.42 bits per heavy atom. The van der Waals surface area contributed by atoms with E-state index in [4.69, 9.17) is 9.47 Å². The summed E-state index contributed by atoms with van der Waals surface area (Å²) in [7, 11) is 0. The topological polar surface area (TPSA) is 77.1 Å². The van der Waals surface area contributed by atoms with E-state index in [2.05, 4.69) is 10.1 Å². The molecule has 2 heterocycles. The number of anilines is 1. The van der Waals surface area contributed by atoms with E-state index < -0.39 is 6.36 Å². The van der Waals surface area contributed by atoms with Gasteiger partial charge in [0.15, 0.2) is 11.5 Å². The molecule has 0 unspecified atom stereocenters. The minimum Gasteiger partial charge on any atom is -0.454 e. The number of amides is 2. The zero-order valence-electron chi connectivity index (χ0n) is 17.4. The predicted octanol–water partition coefficient (Wildman–Crippen LogP) is 4.20. The van der Waals surface area contributed by atoms with Crippen LogP contribution in [0.4, 0.5) is 18.9 Å². The Hall–Kier alpha value is -3.69. The van der Waals surface area contributed by atoms with E-state index in [9.17, 15) is 22.8 Å². The Balaban J connectivity index is 1.25. The molecule has 2 aliphatic rings. The zero-order valence-corrected chi connectivity index (χ0v) is 17.4. The molecular formula is C23H21F3N2O5. The van der Waals surface area contributed by atoms with E-state index in [-0.39, 0.29) is 30.3 Å². The average molecular weight is 462 g/mol. The van der Waals surface area contributed by atoms with Gasteiger partial charge in [-0.25, -0.2) is 0 Å². The highest BCUT2D eigenvalue weighted by molar-refractivity contribution is 5.94. The zero-order chi connectivity index (χ0) is 23.4. The summed E-state index contributed by atoms with van der Waals surface area (Å²) in [5.74, 6) is 0.343. The largest absolute Gasteiger partial charge is 0.573 e. The molecule has 174 valence electrons. The molecule has 0 radical (unpaired) electrons. The summed E-state index contributed by atoms with van der Waals surface area (Å²) in [6.07, 6.45) is -0.801. The maximum atomic E-state index is 12.6. The van der Waals surface area contributed by atoms with Gasteiger partial charge in [-0.2, -0.15) is 0 Å². The lowest BCUT2D eigenvalue weighted by Gasteiger charge is -2.30. The van der Waals surface area contributed by atoms with Crippen molar-refractivity contribution in [3.8, 4) is 17.2 Å². The number of nitrogens with zero attached hydrogens (tertiary/aromatic N) is 1. The monoisotopic (exact) mass is 462 g/mol. The highest BCUT2D eigenvalue weighted by Gasteiger charge is 2.31. The van der Waals surface area contributed by atoms with E-state index in [1.165, 1.54) is 36.4 Å². The Morgan fingerprint density at radius 1 is 1.03 bits per heavy atom. The molecule has 0 saturated carbocycles. The molecule has 0 spiro atoms. The van der Waals surface area contributed by atoms with Crippen LogP contribution in [-0.2, 0) is 9.59 Å². The highest BCUT2D eigenvalue weighted by atomic mass is 19.4. The second-order valence-electron chi connectivity index (χ2n) is 7.61. The number of hydrogen-bond donors (Lipinski definition) is 1. The Bertz CT molecular complexity index is 1050. The predicted molar refractivity (Wildman–Crippen MR) is 113 cm³/mol. The Kier molecular flexibility index (Phi) is 6.43. The fourth-order valence-corrected chi connectivity index (χ4v) is 3.63. The third-order valence-electron chi connectivity index (χ3n) is 5.35. The maximum Gasteiger partial charge on any atom is 0.573 e. The molecule has 1 saturated heterocycles. The summed E-state index contributed by atoms with van der Waals surface area (Å²) in [6.45, 7) is 1.02. The van der Waals surface area contributed by atoms with E-state index in [1.807, 2.05) is 0 Å². The number of rotatable bonds is 5. The lowest BCUT2D eigenvalue weighted by molar-refractivity contribution is -0.274. The molecule has 0 aromatic heterocycles. The smallest absolute Gasteiger partial charge is 0.454 e. The second kappa shape index (κ2) is 9.43. The number of ether oxygens (including phenoxy) is 3. The molecule has 7 nitrogen and oxygen atoms in total. The fourth-order valence-electron chi connectivity index (χ4n) is 3.63. The molecule has 10 heteroatoms. The number of likely N-dealkylation sites (tertiary alicyclic amines) is 1. The van der Waals surface area contributed by atoms with E-state index in [0.29, 0.717) is 48.7 Å². The molecule has 0 atom stereocenters. The first-order chi connectivity index (χ1) is 15.8. The van der Waals surface area contributed by atoms with E-state index >= 15 is 0 Å². The van der Waals surface area contributed by atoms with Gasteiger partial charge in [0.05, 0.1) is 0 Å². The van der Waals surface area contributed by atoms with Gasteiger partial charge in [0.1, 0.15) is 5.75 Å². The number of alkyl halides is 3. The first kappa shape index (κ1) is 22.5. The van der Waals surface area contributed by atoms with Crippen molar-refractivity contribution in [3.05, 3.63) is 54.1 Å². The van der Waals surface area contributed by atoms with Gasteiger partial charge < -0.3 is 24.4 Å². The van der Waals surface area contributed by atoms with Crippen LogP contribution < -0.4 is 19.5 Å². The lowest BCUT2D eigenvalue weighted by Crippen LogP contribution is -2.40. The maximum absolute atomic E-state index is 12.6. The van der Waals surface area contributed by atoms with Crippen molar-refractivity contribution in [2.75, 3.05) is 25.2 Å². The standard InChI is InChI=1S/C23H21F3N2O5/c24-23(25,26)33-18-5-1-15(2-6-18)3-8-21(29)28-11-9-16(10-12-28)22(30)27-17-4-7-19-20(13-17)32-14-31-19/h1-8,13,16H,9-12,14H2,(H,27,30)/b8-3+. The summed E-state index contributed by atoms with van der Waals surface area (Å²) in [5, 5.41) is 2.88. The van der Waals surface area contributed by atoms with Crippen LogP contribution >= 0.6 is 0 Å². The van der Waals surface area contributed by atoms with Crippen LogP contribution in [0.2, 0.25) is 0 Å². The number of carbonyl (C=O) groups is 2. The third kappa shape index (κ3) is 5.97. The van der Waals surface area contributed by atoms with Crippen molar-refractivity contribution in [1.82, 2.24) is 4.90 Å². The number of hydrogen-bond acceptors (Lipinski definition) is 5. The first-order valence-electron chi connectivity index (χ1n) is 10.3. The number of piperidine rings is 1. The molecule has 0 aliphatic carbocycles. The molecule has 2 amide bonds. The number of fused-ring (bicyclic) bond motifs is 1. The fraction of sp³-hybridized carbons (Fsp3) is 0.304. The van der Waals surface area contributed by atoms with Gasteiger partial charge in [-0.05, 0) is 48.7 Å². The molecule has 1 N–H and O–H groups in total. The van der Waals surface area contributed by atoms with Gasteiger partial charge >= 0.3 is 6.36 Å². The molecule has 2 aromatic rings. The van der Waals surface area contributed by atoms with Crippen molar-refractivity contribution in [2.24, 2.45) is 5.92 Å². The van der Waals surface area contributed by atoms with Crippen LogP contribution in [0.1, 0.15) is 18.4 Å².